The van der Waals surface area contributed by atoms with E-state index in [1.165, 1.54) is 18.4 Å². The SMILES string of the molecule is CCOC(=O)C=CC(=O)Nc1sc2c(c1C(=O)OC)CCC2. The molecule has 0 radical (unpaired) electrons. The van der Waals surface area contributed by atoms with Gasteiger partial charge >= 0.3 is 11.9 Å². The van der Waals surface area contributed by atoms with Crippen molar-refractivity contribution in [2.24, 2.45) is 0 Å². The highest BCUT2D eigenvalue weighted by Gasteiger charge is 2.27. The molecule has 1 N–H and O–H groups in total. The Morgan fingerprint density at radius 3 is 2.73 bits per heavy atom. The van der Waals surface area contributed by atoms with Crippen LogP contribution in [0.15, 0.2) is 12.2 Å². The zero-order valence-corrected chi connectivity index (χ0v) is 13.2. The van der Waals surface area contributed by atoms with E-state index in [2.05, 4.69) is 5.32 Å². The lowest BCUT2D eigenvalue weighted by Crippen LogP contribution is -2.12. The molecule has 22 heavy (non-hydrogen) atoms. The molecule has 118 valence electrons. The number of fused-ring (bicyclic) bond motifs is 1. The van der Waals surface area contributed by atoms with Gasteiger partial charge < -0.3 is 14.8 Å². The fourth-order valence-corrected chi connectivity index (χ4v) is 3.58. The summed E-state index contributed by atoms with van der Waals surface area (Å²) in [4.78, 5) is 36.1. The average Bonchev–Trinajstić information content (AvgIpc) is 3.05. The van der Waals surface area contributed by atoms with Crippen LogP contribution in [0.5, 0.6) is 0 Å². The molecule has 1 aromatic rings. The number of carbonyl (C=O) groups is 3. The van der Waals surface area contributed by atoms with Crippen LogP contribution in [0.3, 0.4) is 0 Å². The number of anilines is 1. The van der Waals surface area contributed by atoms with Crippen LogP contribution in [-0.4, -0.2) is 31.6 Å². The lowest BCUT2D eigenvalue weighted by molar-refractivity contribution is -0.137. The van der Waals surface area contributed by atoms with E-state index in [0.717, 1.165) is 41.9 Å². The van der Waals surface area contributed by atoms with Crippen molar-refractivity contribution in [3.8, 4) is 0 Å². The highest BCUT2D eigenvalue weighted by Crippen LogP contribution is 2.39. The zero-order valence-electron chi connectivity index (χ0n) is 12.4. The molecule has 0 saturated carbocycles. The minimum Gasteiger partial charge on any atom is -0.465 e. The third-order valence-corrected chi connectivity index (χ3v) is 4.41. The molecule has 0 aliphatic heterocycles. The summed E-state index contributed by atoms with van der Waals surface area (Å²) in [5.74, 6) is -1.53. The summed E-state index contributed by atoms with van der Waals surface area (Å²) in [5, 5.41) is 3.10. The van der Waals surface area contributed by atoms with E-state index in [1.54, 1.807) is 6.92 Å². The molecule has 0 saturated heterocycles. The van der Waals surface area contributed by atoms with E-state index in [-0.39, 0.29) is 6.61 Å². The summed E-state index contributed by atoms with van der Waals surface area (Å²) in [6, 6.07) is 0. The molecule has 0 fully saturated rings. The highest BCUT2D eigenvalue weighted by molar-refractivity contribution is 7.17. The second kappa shape index (κ2) is 7.22. The number of hydrogen-bond acceptors (Lipinski definition) is 6. The number of rotatable bonds is 5. The van der Waals surface area contributed by atoms with Crippen LogP contribution < -0.4 is 5.32 Å². The Kier molecular flexibility index (Phi) is 5.32. The van der Waals surface area contributed by atoms with Crippen molar-refractivity contribution < 1.29 is 23.9 Å². The fraction of sp³-hybridized carbons (Fsp3) is 0.400. The van der Waals surface area contributed by atoms with Gasteiger partial charge in [0.05, 0.1) is 19.3 Å². The topological polar surface area (TPSA) is 81.7 Å². The van der Waals surface area contributed by atoms with E-state index in [0.29, 0.717) is 10.6 Å². The van der Waals surface area contributed by atoms with Gasteiger partial charge in [-0.1, -0.05) is 0 Å². The minimum absolute atomic E-state index is 0.245. The van der Waals surface area contributed by atoms with Gasteiger partial charge in [-0.05, 0) is 31.7 Å². The van der Waals surface area contributed by atoms with Crippen LogP contribution in [0.1, 0.15) is 34.1 Å². The first-order valence-electron chi connectivity index (χ1n) is 6.95. The lowest BCUT2D eigenvalue weighted by Gasteiger charge is -2.05. The van der Waals surface area contributed by atoms with Gasteiger partial charge in [0.25, 0.3) is 0 Å². The standard InChI is InChI=1S/C15H17NO5S/c1-3-21-12(18)8-7-11(17)16-14-13(15(19)20-2)9-5-4-6-10(9)22-14/h7-8H,3-6H2,1-2H3,(H,16,17). The number of carbonyl (C=O) groups excluding carboxylic acids is 3. The van der Waals surface area contributed by atoms with Gasteiger partial charge in [-0.2, -0.15) is 0 Å². The predicted octanol–water partition coefficient (Wildman–Crippen LogP) is 2.08. The van der Waals surface area contributed by atoms with E-state index < -0.39 is 17.8 Å². The first-order valence-corrected chi connectivity index (χ1v) is 7.77. The largest absolute Gasteiger partial charge is 0.465 e. The minimum atomic E-state index is -0.584. The van der Waals surface area contributed by atoms with Crippen LogP contribution in [0, 0.1) is 0 Å². The zero-order chi connectivity index (χ0) is 16.1. The van der Waals surface area contributed by atoms with Crippen LogP contribution in [-0.2, 0) is 31.9 Å². The molecule has 1 aliphatic carbocycles. The third-order valence-electron chi connectivity index (χ3n) is 3.20. The third kappa shape index (κ3) is 3.54. The maximum absolute atomic E-state index is 11.9. The molecule has 0 unspecified atom stereocenters. The van der Waals surface area contributed by atoms with Gasteiger partial charge in [-0.25, -0.2) is 9.59 Å². The van der Waals surface area contributed by atoms with Crippen LogP contribution in [0.25, 0.3) is 0 Å². The second-order valence-corrected chi connectivity index (χ2v) is 5.73. The molecule has 6 nitrogen and oxygen atoms in total. The monoisotopic (exact) mass is 323 g/mol. The first-order chi connectivity index (χ1) is 10.6. The number of amides is 1. The van der Waals surface area contributed by atoms with Crippen molar-refractivity contribution in [3.63, 3.8) is 0 Å². The summed E-state index contributed by atoms with van der Waals surface area (Å²) in [5.41, 5.74) is 1.39. The van der Waals surface area contributed by atoms with E-state index in [1.807, 2.05) is 0 Å². The number of thiophene rings is 1. The van der Waals surface area contributed by atoms with Crippen LogP contribution in [0.2, 0.25) is 0 Å². The maximum atomic E-state index is 11.9. The number of methoxy groups -OCH3 is 1. The molecule has 0 aromatic carbocycles. The lowest BCUT2D eigenvalue weighted by atomic mass is 10.1. The summed E-state index contributed by atoms with van der Waals surface area (Å²) < 4.78 is 9.49. The number of esters is 2. The molecule has 0 spiro atoms. The smallest absolute Gasteiger partial charge is 0.341 e. The van der Waals surface area contributed by atoms with Crippen molar-refractivity contribution in [1.29, 1.82) is 0 Å². The first kappa shape index (κ1) is 16.2. The molecule has 0 bridgehead atoms. The maximum Gasteiger partial charge on any atom is 0.341 e. The summed E-state index contributed by atoms with van der Waals surface area (Å²) in [6.45, 7) is 1.93. The van der Waals surface area contributed by atoms with Gasteiger partial charge in [0.1, 0.15) is 5.00 Å². The normalized spacial score (nSPS) is 13.0. The summed E-state index contributed by atoms with van der Waals surface area (Å²) in [7, 11) is 1.31. The van der Waals surface area contributed by atoms with E-state index in [4.69, 9.17) is 9.47 Å². The average molecular weight is 323 g/mol. The second-order valence-electron chi connectivity index (χ2n) is 4.63. The Morgan fingerprint density at radius 2 is 2.05 bits per heavy atom. The van der Waals surface area contributed by atoms with Crippen molar-refractivity contribution in [1.82, 2.24) is 0 Å². The Morgan fingerprint density at radius 1 is 1.27 bits per heavy atom. The number of ether oxygens (including phenoxy) is 2. The number of nitrogens with one attached hydrogen (secondary N) is 1. The molecule has 1 amide bonds. The van der Waals surface area contributed by atoms with Gasteiger partial charge in [0, 0.05) is 17.0 Å². The van der Waals surface area contributed by atoms with Gasteiger partial charge in [0.2, 0.25) is 5.91 Å². The Bertz CT molecular complexity index is 632. The van der Waals surface area contributed by atoms with Gasteiger partial charge in [-0.3, -0.25) is 4.79 Å². The Labute approximate surface area is 132 Å². The van der Waals surface area contributed by atoms with Crippen molar-refractivity contribution in [2.75, 3.05) is 19.0 Å². The van der Waals surface area contributed by atoms with Crippen molar-refractivity contribution in [3.05, 3.63) is 28.2 Å². The molecule has 7 heteroatoms. The summed E-state index contributed by atoms with van der Waals surface area (Å²) in [6.07, 6.45) is 4.85. The van der Waals surface area contributed by atoms with E-state index in [9.17, 15) is 14.4 Å². The van der Waals surface area contributed by atoms with Crippen molar-refractivity contribution >= 4 is 34.2 Å². The van der Waals surface area contributed by atoms with Crippen molar-refractivity contribution in [2.45, 2.75) is 26.2 Å². The molecule has 0 atom stereocenters. The highest BCUT2D eigenvalue weighted by atomic mass is 32.1. The predicted molar refractivity (Wildman–Crippen MR) is 82.1 cm³/mol. The Balaban J connectivity index is 2.14. The van der Waals surface area contributed by atoms with E-state index >= 15 is 0 Å². The molecule has 1 aliphatic rings. The van der Waals surface area contributed by atoms with Gasteiger partial charge in [-0.15, -0.1) is 11.3 Å². The quantitative estimate of drug-likeness (QED) is 0.663. The van der Waals surface area contributed by atoms with Crippen LogP contribution >= 0.6 is 11.3 Å². The Hall–Kier alpha value is -2.15. The molecule has 2 rings (SSSR count). The molecular weight excluding hydrogens is 306 g/mol. The van der Waals surface area contributed by atoms with Gasteiger partial charge in [0.15, 0.2) is 0 Å². The van der Waals surface area contributed by atoms with Crippen LogP contribution in [0.4, 0.5) is 5.00 Å². The molecule has 1 heterocycles. The molecular formula is C15H17NO5S. The fourth-order valence-electron chi connectivity index (χ4n) is 2.30. The summed E-state index contributed by atoms with van der Waals surface area (Å²) >= 11 is 1.38. The number of hydrogen-bond donors (Lipinski definition) is 1. The number of aryl methyl sites for hydroxylation is 1. The molecule has 1 aromatic heterocycles.